The summed E-state index contributed by atoms with van der Waals surface area (Å²) in [6.07, 6.45) is 3.27. The van der Waals surface area contributed by atoms with E-state index in [4.69, 9.17) is 0 Å². The van der Waals surface area contributed by atoms with Crippen molar-refractivity contribution in [2.75, 3.05) is 5.32 Å². The van der Waals surface area contributed by atoms with E-state index >= 15 is 0 Å². The molecule has 1 amide bonds. The molecular weight excluding hydrogens is 292 g/mol. The molecule has 1 aromatic carbocycles. The quantitative estimate of drug-likeness (QED) is 0.807. The first-order valence-corrected chi connectivity index (χ1v) is 7.40. The summed E-state index contributed by atoms with van der Waals surface area (Å²) in [5.41, 5.74) is 3.06. The highest BCUT2D eigenvalue weighted by Crippen LogP contribution is 2.19. The van der Waals surface area contributed by atoms with Crippen molar-refractivity contribution in [2.45, 2.75) is 26.8 Å². The normalized spacial score (nSPS) is 12.3. The van der Waals surface area contributed by atoms with Crippen molar-refractivity contribution in [2.24, 2.45) is 0 Å². The third kappa shape index (κ3) is 2.63. The molecule has 2 aromatic heterocycles. The van der Waals surface area contributed by atoms with Gasteiger partial charge in [0.15, 0.2) is 0 Å². The van der Waals surface area contributed by atoms with Crippen LogP contribution in [-0.4, -0.2) is 20.1 Å². The average Bonchev–Trinajstić information content (AvgIpc) is 3.01. The first kappa shape index (κ1) is 15.0. The molecule has 6 nitrogen and oxygen atoms in total. The van der Waals surface area contributed by atoms with Crippen LogP contribution in [0.25, 0.3) is 5.52 Å². The van der Waals surface area contributed by atoms with Crippen LogP contribution in [0, 0.1) is 13.8 Å². The number of aryl methyl sites for hydroxylation is 1. The SMILES string of the molecule is Cc1cccc(NC(=O)C(C)n2ncn3cccc3c2=O)c1C. The molecule has 118 valence electrons. The smallest absolute Gasteiger partial charge is 0.291 e. The Labute approximate surface area is 133 Å². The second kappa shape index (κ2) is 5.72. The average molecular weight is 310 g/mol. The Hall–Kier alpha value is -2.89. The van der Waals surface area contributed by atoms with E-state index in [1.165, 1.54) is 11.0 Å². The molecule has 0 saturated carbocycles. The van der Waals surface area contributed by atoms with E-state index in [0.29, 0.717) is 5.52 Å². The van der Waals surface area contributed by atoms with Crippen molar-refractivity contribution in [3.05, 3.63) is 64.3 Å². The van der Waals surface area contributed by atoms with Crippen LogP contribution in [0.4, 0.5) is 5.69 Å². The fraction of sp³-hybridized carbons (Fsp3) is 0.235. The second-order valence-electron chi connectivity index (χ2n) is 5.59. The van der Waals surface area contributed by atoms with Crippen LogP contribution in [0.1, 0.15) is 24.1 Å². The molecule has 0 aliphatic rings. The summed E-state index contributed by atoms with van der Waals surface area (Å²) >= 11 is 0. The Morgan fingerprint density at radius 1 is 1.22 bits per heavy atom. The van der Waals surface area contributed by atoms with E-state index in [2.05, 4.69) is 10.4 Å². The Bertz CT molecular complexity index is 939. The van der Waals surface area contributed by atoms with Gasteiger partial charge in [-0.25, -0.2) is 4.68 Å². The largest absolute Gasteiger partial charge is 0.324 e. The topological polar surface area (TPSA) is 68.4 Å². The summed E-state index contributed by atoms with van der Waals surface area (Å²) in [7, 11) is 0. The van der Waals surface area contributed by atoms with Crippen LogP contribution in [0.3, 0.4) is 0 Å². The van der Waals surface area contributed by atoms with Gasteiger partial charge in [-0.15, -0.1) is 0 Å². The number of aromatic nitrogens is 3. The predicted octanol–water partition coefficient (Wildman–Crippen LogP) is 2.31. The van der Waals surface area contributed by atoms with Crippen LogP contribution in [-0.2, 0) is 4.79 Å². The molecule has 3 aromatic rings. The van der Waals surface area contributed by atoms with Crippen molar-refractivity contribution < 1.29 is 4.79 Å². The fourth-order valence-corrected chi connectivity index (χ4v) is 2.47. The number of carbonyl (C=O) groups is 1. The number of anilines is 1. The number of rotatable bonds is 3. The summed E-state index contributed by atoms with van der Waals surface area (Å²) in [5.74, 6) is -0.274. The molecule has 3 rings (SSSR count). The summed E-state index contributed by atoms with van der Waals surface area (Å²) < 4.78 is 2.84. The summed E-state index contributed by atoms with van der Waals surface area (Å²) in [4.78, 5) is 24.9. The third-order valence-electron chi connectivity index (χ3n) is 4.12. The molecule has 0 aliphatic heterocycles. The van der Waals surface area contributed by atoms with Crippen molar-refractivity contribution in [1.82, 2.24) is 14.2 Å². The third-order valence-corrected chi connectivity index (χ3v) is 4.12. The van der Waals surface area contributed by atoms with Gasteiger partial charge in [-0.2, -0.15) is 5.10 Å². The van der Waals surface area contributed by atoms with E-state index in [1.54, 1.807) is 29.7 Å². The van der Waals surface area contributed by atoms with Crippen LogP contribution in [0.5, 0.6) is 0 Å². The van der Waals surface area contributed by atoms with Gasteiger partial charge >= 0.3 is 0 Å². The number of fused-ring (bicyclic) bond motifs is 1. The van der Waals surface area contributed by atoms with Gasteiger partial charge < -0.3 is 9.72 Å². The standard InChI is InChI=1S/C17H18N4O2/c1-11-6-4-7-14(12(11)2)19-16(22)13(3)21-17(23)15-8-5-9-20(15)10-18-21/h4-10,13H,1-3H3,(H,19,22). The summed E-state index contributed by atoms with van der Waals surface area (Å²) in [6.45, 7) is 5.60. The van der Waals surface area contributed by atoms with E-state index in [0.717, 1.165) is 16.8 Å². The van der Waals surface area contributed by atoms with Crippen LogP contribution >= 0.6 is 0 Å². The zero-order valence-corrected chi connectivity index (χ0v) is 13.3. The van der Waals surface area contributed by atoms with Crippen LogP contribution in [0.15, 0.2) is 47.7 Å². The Balaban J connectivity index is 1.91. The lowest BCUT2D eigenvalue weighted by atomic mass is 10.1. The first-order chi connectivity index (χ1) is 11.0. The molecule has 0 spiro atoms. The molecule has 0 fully saturated rings. The first-order valence-electron chi connectivity index (χ1n) is 7.40. The lowest BCUT2D eigenvalue weighted by Gasteiger charge is -2.16. The summed E-state index contributed by atoms with van der Waals surface area (Å²) in [5, 5.41) is 6.96. The number of carbonyl (C=O) groups excluding carboxylic acids is 1. The van der Waals surface area contributed by atoms with Gasteiger partial charge in [0.25, 0.3) is 5.56 Å². The van der Waals surface area contributed by atoms with Gasteiger partial charge in [-0.3, -0.25) is 9.59 Å². The summed E-state index contributed by atoms with van der Waals surface area (Å²) in [6, 6.07) is 8.49. The Morgan fingerprint density at radius 2 is 2.00 bits per heavy atom. The highest BCUT2D eigenvalue weighted by atomic mass is 16.2. The molecule has 0 radical (unpaired) electrons. The monoisotopic (exact) mass is 310 g/mol. The van der Waals surface area contributed by atoms with Gasteiger partial charge in [-0.05, 0) is 50.1 Å². The van der Waals surface area contributed by atoms with Crippen molar-refractivity contribution in [3.8, 4) is 0 Å². The lowest BCUT2D eigenvalue weighted by molar-refractivity contribution is -0.119. The van der Waals surface area contributed by atoms with Crippen LogP contribution < -0.4 is 10.9 Å². The number of nitrogens with one attached hydrogen (secondary N) is 1. The molecule has 0 bridgehead atoms. The predicted molar refractivity (Wildman–Crippen MR) is 88.7 cm³/mol. The molecule has 6 heteroatoms. The van der Waals surface area contributed by atoms with Crippen molar-refractivity contribution in [3.63, 3.8) is 0 Å². The molecule has 1 N–H and O–H groups in total. The highest BCUT2D eigenvalue weighted by molar-refractivity contribution is 5.94. The van der Waals surface area contributed by atoms with Gasteiger partial charge in [0.05, 0.1) is 0 Å². The van der Waals surface area contributed by atoms with E-state index in [1.807, 2.05) is 32.0 Å². The number of hydrogen-bond donors (Lipinski definition) is 1. The fourth-order valence-electron chi connectivity index (χ4n) is 2.47. The van der Waals surface area contributed by atoms with Crippen molar-refractivity contribution >= 4 is 17.1 Å². The van der Waals surface area contributed by atoms with Crippen LogP contribution in [0.2, 0.25) is 0 Å². The maximum Gasteiger partial charge on any atom is 0.291 e. The van der Waals surface area contributed by atoms with E-state index in [-0.39, 0.29) is 11.5 Å². The van der Waals surface area contributed by atoms with E-state index < -0.39 is 6.04 Å². The van der Waals surface area contributed by atoms with Gasteiger partial charge in [0, 0.05) is 11.9 Å². The number of amides is 1. The maximum atomic E-state index is 12.5. The molecule has 2 heterocycles. The molecule has 1 atom stereocenters. The van der Waals surface area contributed by atoms with E-state index in [9.17, 15) is 9.59 Å². The highest BCUT2D eigenvalue weighted by Gasteiger charge is 2.19. The maximum absolute atomic E-state index is 12.5. The van der Waals surface area contributed by atoms with Gasteiger partial charge in [0.2, 0.25) is 5.91 Å². The number of nitrogens with zero attached hydrogens (tertiary/aromatic N) is 3. The van der Waals surface area contributed by atoms with Gasteiger partial charge in [0.1, 0.15) is 17.9 Å². The lowest BCUT2D eigenvalue weighted by Crippen LogP contribution is -2.34. The van der Waals surface area contributed by atoms with Gasteiger partial charge in [-0.1, -0.05) is 12.1 Å². The number of hydrogen-bond acceptors (Lipinski definition) is 3. The minimum absolute atomic E-state index is 0.274. The zero-order valence-electron chi connectivity index (χ0n) is 13.3. The molecule has 0 saturated heterocycles. The Kier molecular flexibility index (Phi) is 3.73. The Morgan fingerprint density at radius 3 is 2.78 bits per heavy atom. The molecule has 1 unspecified atom stereocenters. The zero-order chi connectivity index (χ0) is 16.6. The minimum atomic E-state index is -0.706. The second-order valence-corrected chi connectivity index (χ2v) is 5.59. The minimum Gasteiger partial charge on any atom is -0.324 e. The molecule has 0 aliphatic carbocycles. The number of benzene rings is 1. The molecule has 23 heavy (non-hydrogen) atoms. The molecular formula is C17H18N4O2. The van der Waals surface area contributed by atoms with Crippen molar-refractivity contribution in [1.29, 1.82) is 0 Å².